The summed E-state index contributed by atoms with van der Waals surface area (Å²) in [5, 5.41) is 3.24. The Hall–Kier alpha value is -0.770. The first-order valence-electron chi connectivity index (χ1n) is 4.66. The lowest BCUT2D eigenvalue weighted by atomic mass is 10.2. The van der Waals surface area contributed by atoms with Crippen LogP contribution < -0.4 is 5.32 Å². The van der Waals surface area contributed by atoms with Gasteiger partial charge in [-0.05, 0) is 34.7 Å². The van der Waals surface area contributed by atoms with Gasteiger partial charge >= 0.3 is 0 Å². The van der Waals surface area contributed by atoms with Crippen LogP contribution in [-0.4, -0.2) is 19.4 Å². The van der Waals surface area contributed by atoms with Gasteiger partial charge in [0.2, 0.25) is 0 Å². The summed E-state index contributed by atoms with van der Waals surface area (Å²) in [4.78, 5) is 4.56. The van der Waals surface area contributed by atoms with Crippen LogP contribution in [0.25, 0.3) is 0 Å². The first kappa shape index (κ1) is 9.77. The maximum absolute atomic E-state index is 5.08. The predicted molar refractivity (Wildman–Crippen MR) is 60.3 cm³/mol. The van der Waals surface area contributed by atoms with Crippen LogP contribution in [0.4, 0.5) is 0 Å². The van der Waals surface area contributed by atoms with E-state index in [9.17, 15) is 0 Å². The number of hydrogen-bond donors (Lipinski definition) is 1. The summed E-state index contributed by atoms with van der Waals surface area (Å²) in [5.41, 5.74) is 2.02. The average molecular weight is 257 g/mol. The quantitative estimate of drug-likeness (QED) is 0.621. The van der Waals surface area contributed by atoms with Gasteiger partial charge in [-0.15, -0.1) is 0 Å². The molecule has 0 bridgehead atoms. The Morgan fingerprint density at radius 1 is 1.64 bits per heavy atom. The molecule has 3 nitrogen and oxygen atoms in total. The number of aliphatic imine (C=N–C) groups is 1. The number of rotatable bonds is 3. The van der Waals surface area contributed by atoms with Gasteiger partial charge < -0.3 is 10.1 Å². The topological polar surface area (TPSA) is 33.6 Å². The molecule has 0 aromatic heterocycles. The highest BCUT2D eigenvalue weighted by molar-refractivity contribution is 9.11. The molecule has 1 fully saturated rings. The van der Waals surface area contributed by atoms with E-state index in [1.54, 1.807) is 7.11 Å². The number of halogens is 1. The lowest BCUT2D eigenvalue weighted by Gasteiger charge is -2.18. The first-order chi connectivity index (χ1) is 6.72. The van der Waals surface area contributed by atoms with Gasteiger partial charge in [-0.1, -0.05) is 6.58 Å². The van der Waals surface area contributed by atoms with Crippen molar-refractivity contribution in [2.75, 3.05) is 13.7 Å². The molecule has 0 atom stereocenters. The van der Waals surface area contributed by atoms with Crippen molar-refractivity contribution in [3.63, 3.8) is 0 Å². The molecule has 1 saturated carbocycles. The summed E-state index contributed by atoms with van der Waals surface area (Å²) in [7, 11) is 1.61. The zero-order valence-electron chi connectivity index (χ0n) is 8.14. The van der Waals surface area contributed by atoms with Crippen LogP contribution in [0.3, 0.4) is 0 Å². The second-order valence-electron chi connectivity index (χ2n) is 3.52. The minimum absolute atomic E-state index is 0.599. The van der Waals surface area contributed by atoms with Gasteiger partial charge in [0.1, 0.15) is 16.1 Å². The van der Waals surface area contributed by atoms with E-state index in [4.69, 9.17) is 4.74 Å². The molecule has 0 radical (unpaired) electrons. The molecule has 0 amide bonds. The highest BCUT2D eigenvalue weighted by Gasteiger charge is 2.29. The van der Waals surface area contributed by atoms with Crippen molar-refractivity contribution in [3.8, 4) is 0 Å². The second-order valence-corrected chi connectivity index (χ2v) is 4.31. The maximum Gasteiger partial charge on any atom is 0.140 e. The third-order valence-electron chi connectivity index (χ3n) is 2.45. The standard InChI is InChI=1S/C10H13BrN2O/c1-6(14-2)9-10(11)12-5-8(13-9)7-3-4-7/h7,12H,1,3-5H2,2H3. The lowest BCUT2D eigenvalue weighted by molar-refractivity contribution is 0.301. The minimum atomic E-state index is 0.599. The van der Waals surface area contributed by atoms with Crippen molar-refractivity contribution < 1.29 is 4.74 Å². The molecule has 4 heteroatoms. The number of ether oxygens (including phenoxy) is 1. The smallest absolute Gasteiger partial charge is 0.140 e. The summed E-state index contributed by atoms with van der Waals surface area (Å²) in [6, 6.07) is 0. The fourth-order valence-electron chi connectivity index (χ4n) is 1.42. The summed E-state index contributed by atoms with van der Waals surface area (Å²) in [6.45, 7) is 4.64. The minimum Gasteiger partial charge on any atom is -0.495 e. The average Bonchev–Trinajstić information content (AvgIpc) is 3.01. The van der Waals surface area contributed by atoms with Crippen LogP contribution >= 0.6 is 15.9 Å². The predicted octanol–water partition coefficient (Wildman–Crippen LogP) is 2.16. The van der Waals surface area contributed by atoms with Crippen LogP contribution in [0.5, 0.6) is 0 Å². The van der Waals surface area contributed by atoms with E-state index < -0.39 is 0 Å². The zero-order valence-corrected chi connectivity index (χ0v) is 9.73. The third kappa shape index (κ3) is 1.85. The van der Waals surface area contributed by atoms with Crippen LogP contribution in [0.2, 0.25) is 0 Å². The first-order valence-corrected chi connectivity index (χ1v) is 5.46. The van der Waals surface area contributed by atoms with Gasteiger partial charge in [0.05, 0.1) is 13.7 Å². The maximum atomic E-state index is 5.08. The van der Waals surface area contributed by atoms with Crippen LogP contribution in [0, 0.1) is 5.92 Å². The summed E-state index contributed by atoms with van der Waals surface area (Å²) >= 11 is 3.41. The van der Waals surface area contributed by atoms with Gasteiger partial charge in [0.25, 0.3) is 0 Å². The van der Waals surface area contributed by atoms with Gasteiger partial charge in [-0.3, -0.25) is 0 Å². The highest BCUT2D eigenvalue weighted by Crippen LogP contribution is 2.33. The highest BCUT2D eigenvalue weighted by atomic mass is 79.9. The Labute approximate surface area is 92.1 Å². The van der Waals surface area contributed by atoms with Gasteiger partial charge in [-0.2, -0.15) is 0 Å². The molecule has 0 unspecified atom stereocenters. The van der Waals surface area contributed by atoms with Gasteiger partial charge in [0.15, 0.2) is 0 Å². The van der Waals surface area contributed by atoms with E-state index in [-0.39, 0.29) is 0 Å². The molecule has 1 N–H and O–H groups in total. The molecular weight excluding hydrogens is 244 g/mol. The largest absolute Gasteiger partial charge is 0.495 e. The van der Waals surface area contributed by atoms with Gasteiger partial charge in [0, 0.05) is 5.71 Å². The molecular formula is C10H13BrN2O. The Morgan fingerprint density at radius 2 is 2.36 bits per heavy atom. The molecule has 1 aliphatic heterocycles. The van der Waals surface area contributed by atoms with Crippen molar-refractivity contribution in [2.24, 2.45) is 10.9 Å². The number of methoxy groups -OCH3 is 1. The normalized spacial score (nSPS) is 21.4. The number of hydrogen-bond acceptors (Lipinski definition) is 3. The zero-order chi connectivity index (χ0) is 10.1. The number of nitrogens with one attached hydrogen (secondary N) is 1. The van der Waals surface area contributed by atoms with E-state index in [2.05, 4.69) is 32.8 Å². The lowest BCUT2D eigenvalue weighted by Crippen LogP contribution is -2.27. The molecule has 0 spiro atoms. The molecule has 2 rings (SSSR count). The van der Waals surface area contributed by atoms with E-state index in [1.807, 2.05) is 0 Å². The summed E-state index contributed by atoms with van der Waals surface area (Å²) in [5.74, 6) is 1.28. The van der Waals surface area contributed by atoms with Gasteiger partial charge in [-0.25, -0.2) is 4.99 Å². The van der Waals surface area contributed by atoms with E-state index >= 15 is 0 Å². The fraction of sp³-hybridized carbons (Fsp3) is 0.500. The Morgan fingerprint density at radius 3 is 2.93 bits per heavy atom. The van der Waals surface area contributed by atoms with Crippen LogP contribution in [-0.2, 0) is 4.74 Å². The van der Waals surface area contributed by atoms with Crippen molar-refractivity contribution in [1.29, 1.82) is 0 Å². The molecule has 0 aromatic carbocycles. The SMILES string of the molecule is C=C(OC)C1=C(Br)NCC(C2CC2)=N1. The van der Waals surface area contributed by atoms with E-state index in [0.29, 0.717) is 11.7 Å². The monoisotopic (exact) mass is 256 g/mol. The Bertz CT molecular complexity index is 329. The second kappa shape index (κ2) is 3.77. The van der Waals surface area contributed by atoms with Crippen molar-refractivity contribution in [1.82, 2.24) is 5.32 Å². The molecule has 14 heavy (non-hydrogen) atoms. The van der Waals surface area contributed by atoms with Crippen molar-refractivity contribution in [2.45, 2.75) is 12.8 Å². The van der Waals surface area contributed by atoms with Crippen LogP contribution in [0.15, 0.2) is 27.6 Å². The Balaban J connectivity index is 2.22. The van der Waals surface area contributed by atoms with Crippen molar-refractivity contribution >= 4 is 21.6 Å². The third-order valence-corrected chi connectivity index (χ3v) is 3.10. The summed E-state index contributed by atoms with van der Waals surface area (Å²) < 4.78 is 5.95. The molecule has 1 heterocycles. The molecule has 2 aliphatic rings. The number of nitrogens with zero attached hydrogens (tertiary/aromatic N) is 1. The molecule has 76 valence electrons. The fourth-order valence-corrected chi connectivity index (χ4v) is 1.87. The molecule has 0 saturated heterocycles. The van der Waals surface area contributed by atoms with Crippen molar-refractivity contribution in [3.05, 3.63) is 22.6 Å². The Kier molecular flexibility index (Phi) is 2.63. The van der Waals surface area contributed by atoms with E-state index in [1.165, 1.54) is 18.6 Å². The van der Waals surface area contributed by atoms with E-state index in [0.717, 1.165) is 16.8 Å². The summed E-state index contributed by atoms with van der Waals surface area (Å²) in [6.07, 6.45) is 2.54. The van der Waals surface area contributed by atoms with Crippen LogP contribution in [0.1, 0.15) is 12.8 Å². The molecule has 0 aromatic rings. The molecule has 1 aliphatic carbocycles.